The molecule has 2 fully saturated rings. The first-order valence-corrected chi connectivity index (χ1v) is 10.9. The highest BCUT2D eigenvalue weighted by atomic mass is 16.6. The third-order valence-electron chi connectivity index (χ3n) is 7.52. The predicted molar refractivity (Wildman–Crippen MR) is 105 cm³/mol. The van der Waals surface area contributed by atoms with Crippen molar-refractivity contribution in [2.75, 3.05) is 0 Å². The van der Waals surface area contributed by atoms with Crippen LogP contribution in [-0.2, 0) is 19.1 Å². The van der Waals surface area contributed by atoms with Crippen molar-refractivity contribution in [3.8, 4) is 0 Å². The summed E-state index contributed by atoms with van der Waals surface area (Å²) in [5.41, 5.74) is 1.21. The van der Waals surface area contributed by atoms with Crippen LogP contribution in [0.4, 0.5) is 0 Å². The molecule has 2 spiro atoms. The summed E-state index contributed by atoms with van der Waals surface area (Å²) < 4.78 is 12.3. The number of hydrogen-bond donors (Lipinski definition) is 0. The number of fused-ring (bicyclic) bond motifs is 1. The molecule has 2 bridgehead atoms. The Morgan fingerprint density at radius 3 is 2.86 bits per heavy atom. The molecule has 0 radical (unpaired) electrons. The third-order valence-corrected chi connectivity index (χ3v) is 7.52. The lowest BCUT2D eigenvalue weighted by Crippen LogP contribution is -2.63. The van der Waals surface area contributed by atoms with Gasteiger partial charge >= 0.3 is 11.9 Å². The van der Waals surface area contributed by atoms with Crippen molar-refractivity contribution in [2.45, 2.75) is 70.8 Å². The van der Waals surface area contributed by atoms with Gasteiger partial charge in [0.2, 0.25) is 0 Å². The maximum atomic E-state index is 13.0. The van der Waals surface area contributed by atoms with Crippen LogP contribution in [0, 0.1) is 17.3 Å². The second kappa shape index (κ2) is 6.20. The zero-order valence-corrected chi connectivity index (χ0v) is 16.8. The molecule has 4 aliphatic carbocycles. The molecule has 28 heavy (non-hydrogen) atoms. The van der Waals surface area contributed by atoms with E-state index in [4.69, 9.17) is 9.47 Å². The predicted octanol–water partition coefficient (Wildman–Crippen LogP) is 4.92. The van der Waals surface area contributed by atoms with Crippen LogP contribution in [-0.4, -0.2) is 17.5 Å². The summed E-state index contributed by atoms with van der Waals surface area (Å²) in [5, 5.41) is 0. The number of esters is 2. The van der Waals surface area contributed by atoms with Gasteiger partial charge in [-0.05, 0) is 56.1 Å². The third kappa shape index (κ3) is 1.96. The molecule has 2 aliphatic heterocycles. The Labute approximate surface area is 166 Å². The number of ether oxygens (including phenoxy) is 2. The second-order valence-electron chi connectivity index (χ2n) is 8.79. The Bertz CT molecular complexity index is 873. The molecule has 2 heterocycles. The molecule has 4 heteroatoms. The summed E-state index contributed by atoms with van der Waals surface area (Å²) in [6.07, 6.45) is 15.7. The van der Waals surface area contributed by atoms with E-state index in [2.05, 4.69) is 32.1 Å². The van der Waals surface area contributed by atoms with Gasteiger partial charge in [0.15, 0.2) is 5.60 Å². The Balaban J connectivity index is 1.80. The first-order chi connectivity index (χ1) is 13.6. The van der Waals surface area contributed by atoms with Crippen molar-refractivity contribution in [2.24, 2.45) is 17.3 Å². The fraction of sp³-hybridized carbons (Fsp3) is 0.583. The molecule has 1 saturated carbocycles. The second-order valence-corrected chi connectivity index (χ2v) is 8.79. The highest BCUT2D eigenvalue weighted by molar-refractivity contribution is 6.00. The molecule has 0 aromatic rings. The Morgan fingerprint density at radius 2 is 2.07 bits per heavy atom. The fourth-order valence-electron chi connectivity index (χ4n) is 6.57. The molecular weight excluding hydrogens is 352 g/mol. The van der Waals surface area contributed by atoms with Gasteiger partial charge in [-0.3, -0.25) is 0 Å². The van der Waals surface area contributed by atoms with Crippen molar-refractivity contribution in [1.82, 2.24) is 0 Å². The Kier molecular flexibility index (Phi) is 3.98. The highest BCUT2D eigenvalue weighted by Gasteiger charge is 2.75. The zero-order valence-electron chi connectivity index (χ0n) is 16.8. The van der Waals surface area contributed by atoms with Crippen molar-refractivity contribution in [3.05, 3.63) is 46.8 Å². The first-order valence-electron chi connectivity index (χ1n) is 10.9. The molecular formula is C24H28O4. The van der Waals surface area contributed by atoms with Gasteiger partial charge in [0.05, 0.1) is 11.1 Å². The van der Waals surface area contributed by atoms with Crippen LogP contribution in [0.1, 0.15) is 65.2 Å². The normalized spacial score (nSPS) is 39.4. The molecule has 0 aromatic heterocycles. The summed E-state index contributed by atoms with van der Waals surface area (Å²) in [7, 11) is 0. The van der Waals surface area contributed by atoms with Crippen molar-refractivity contribution >= 4 is 11.9 Å². The van der Waals surface area contributed by atoms with Gasteiger partial charge in [0, 0.05) is 5.92 Å². The maximum Gasteiger partial charge on any atom is 0.340 e. The van der Waals surface area contributed by atoms with E-state index in [1.807, 2.05) is 6.08 Å². The lowest BCUT2D eigenvalue weighted by atomic mass is 9.45. The highest BCUT2D eigenvalue weighted by Crippen LogP contribution is 2.71. The average Bonchev–Trinajstić information content (AvgIpc) is 3.17. The van der Waals surface area contributed by atoms with Crippen LogP contribution in [0.2, 0.25) is 0 Å². The van der Waals surface area contributed by atoms with Gasteiger partial charge in [-0.1, -0.05) is 44.9 Å². The standard InChI is InChI=1S/C24H28O4/c1-3-5-11-20-23-13-12-15(14-19(23)22(26)27-20)17(8-4-2)24(23)18-10-7-6-9-16(18)21(25)28-24/h6,9,11,14-15,17H,3-5,7-8,10,12-13H2,1-2H3/b20-11-/t15-,17-,23?,24+/m1/s1. The van der Waals surface area contributed by atoms with Crippen LogP contribution in [0.3, 0.4) is 0 Å². The van der Waals surface area contributed by atoms with E-state index in [9.17, 15) is 9.59 Å². The van der Waals surface area contributed by atoms with Gasteiger partial charge in [-0.15, -0.1) is 0 Å². The van der Waals surface area contributed by atoms with Gasteiger partial charge in [-0.2, -0.15) is 0 Å². The quantitative estimate of drug-likeness (QED) is 0.650. The van der Waals surface area contributed by atoms with Gasteiger partial charge < -0.3 is 9.47 Å². The summed E-state index contributed by atoms with van der Waals surface area (Å²) >= 11 is 0. The monoisotopic (exact) mass is 380 g/mol. The van der Waals surface area contributed by atoms with Gasteiger partial charge in [-0.25, -0.2) is 9.59 Å². The topological polar surface area (TPSA) is 52.6 Å². The summed E-state index contributed by atoms with van der Waals surface area (Å²) in [6, 6.07) is 0. The molecule has 4 atom stereocenters. The smallest absolute Gasteiger partial charge is 0.340 e. The SMILES string of the molecule is CCC/C=C1\OC(=O)C2=C[C@H]3CCC21[C@]1(OC(=O)C2=C1CCC=C2)[C@@H]3CCC. The van der Waals surface area contributed by atoms with Crippen molar-refractivity contribution in [1.29, 1.82) is 0 Å². The van der Waals surface area contributed by atoms with Crippen LogP contribution in [0.25, 0.3) is 0 Å². The largest absolute Gasteiger partial charge is 0.449 e. The number of carbonyl (C=O) groups excluding carboxylic acids is 2. The molecule has 1 unspecified atom stereocenters. The van der Waals surface area contributed by atoms with Crippen LogP contribution in [0.5, 0.6) is 0 Å². The zero-order chi connectivity index (χ0) is 19.5. The molecule has 0 amide bonds. The lowest BCUT2D eigenvalue weighted by molar-refractivity contribution is -0.176. The van der Waals surface area contributed by atoms with Gasteiger partial charge in [0.1, 0.15) is 11.2 Å². The molecule has 6 rings (SSSR count). The summed E-state index contributed by atoms with van der Waals surface area (Å²) in [6.45, 7) is 4.31. The van der Waals surface area contributed by atoms with E-state index in [-0.39, 0.29) is 23.8 Å². The molecule has 4 nitrogen and oxygen atoms in total. The molecule has 6 aliphatic rings. The number of cyclic esters (lactones) is 1. The van der Waals surface area contributed by atoms with E-state index in [0.29, 0.717) is 0 Å². The number of hydrogen-bond acceptors (Lipinski definition) is 4. The van der Waals surface area contributed by atoms with Crippen molar-refractivity contribution in [3.63, 3.8) is 0 Å². The van der Waals surface area contributed by atoms with E-state index < -0.39 is 11.0 Å². The average molecular weight is 380 g/mol. The van der Waals surface area contributed by atoms with E-state index in [0.717, 1.165) is 73.8 Å². The Morgan fingerprint density at radius 1 is 1.21 bits per heavy atom. The lowest BCUT2D eigenvalue weighted by Gasteiger charge is -2.59. The summed E-state index contributed by atoms with van der Waals surface area (Å²) in [4.78, 5) is 25.9. The molecule has 1 saturated heterocycles. The van der Waals surface area contributed by atoms with E-state index in [1.165, 1.54) is 0 Å². The fourth-order valence-corrected chi connectivity index (χ4v) is 6.57. The number of allylic oxidation sites excluding steroid dienone is 3. The number of carbonyl (C=O) groups is 2. The summed E-state index contributed by atoms with van der Waals surface area (Å²) in [5.74, 6) is 0.749. The minimum atomic E-state index is -0.751. The number of unbranched alkanes of at least 4 members (excludes halogenated alkanes) is 1. The molecule has 148 valence electrons. The Hall–Kier alpha value is -2.10. The molecule has 0 aromatic carbocycles. The van der Waals surface area contributed by atoms with E-state index >= 15 is 0 Å². The van der Waals surface area contributed by atoms with Crippen LogP contribution in [0.15, 0.2) is 46.8 Å². The van der Waals surface area contributed by atoms with Crippen molar-refractivity contribution < 1.29 is 19.1 Å². The minimum absolute atomic E-state index is 0.206. The van der Waals surface area contributed by atoms with Gasteiger partial charge in [0.25, 0.3) is 0 Å². The number of rotatable bonds is 4. The first kappa shape index (κ1) is 18.0. The van der Waals surface area contributed by atoms with E-state index in [1.54, 1.807) is 0 Å². The maximum absolute atomic E-state index is 13.0. The van der Waals surface area contributed by atoms with Crippen LogP contribution >= 0.6 is 0 Å². The van der Waals surface area contributed by atoms with Crippen LogP contribution < -0.4 is 0 Å². The minimum Gasteiger partial charge on any atom is -0.449 e. The molecule has 0 N–H and O–H groups in total.